The monoisotopic (exact) mass is 335 g/mol. The molecule has 23 heavy (non-hydrogen) atoms. The molecule has 0 aliphatic heterocycles. The van der Waals surface area contributed by atoms with Crippen molar-refractivity contribution in [2.45, 2.75) is 6.42 Å². The van der Waals surface area contributed by atoms with Gasteiger partial charge >= 0.3 is 0 Å². The first kappa shape index (κ1) is 16.8. The van der Waals surface area contributed by atoms with Crippen LogP contribution in [0.15, 0.2) is 40.3 Å². The second kappa shape index (κ2) is 8.74. The molecule has 0 atom stereocenters. The summed E-state index contributed by atoms with van der Waals surface area (Å²) >= 11 is 1.63. The lowest BCUT2D eigenvalue weighted by atomic mass is 10.3. The Kier molecular flexibility index (Phi) is 6.37. The van der Waals surface area contributed by atoms with Crippen LogP contribution in [0.2, 0.25) is 0 Å². The van der Waals surface area contributed by atoms with Crippen LogP contribution < -0.4 is 16.0 Å². The SMILES string of the molecule is O=C(CNC(=O)CNC(=O)c1ccco1)NCCc1cccs1. The maximum Gasteiger partial charge on any atom is 0.287 e. The number of thiophene rings is 1. The van der Waals surface area contributed by atoms with Crippen molar-refractivity contribution in [1.29, 1.82) is 0 Å². The zero-order valence-electron chi connectivity index (χ0n) is 12.3. The Balaban J connectivity index is 1.56. The van der Waals surface area contributed by atoms with Crippen molar-refractivity contribution in [3.05, 3.63) is 46.5 Å². The Bertz CT molecular complexity index is 638. The molecule has 0 fully saturated rings. The molecule has 0 aliphatic carbocycles. The van der Waals surface area contributed by atoms with Crippen LogP contribution in [0.1, 0.15) is 15.4 Å². The van der Waals surface area contributed by atoms with Gasteiger partial charge in [0.05, 0.1) is 19.4 Å². The Labute approximate surface area is 137 Å². The van der Waals surface area contributed by atoms with Crippen LogP contribution in [0.25, 0.3) is 0 Å². The fourth-order valence-corrected chi connectivity index (χ4v) is 2.45. The molecular weight excluding hydrogens is 318 g/mol. The standard InChI is InChI=1S/C15H17N3O4S/c19-13(16-6-5-11-3-2-8-23-11)9-17-14(20)10-18-15(21)12-4-1-7-22-12/h1-4,7-8H,5-6,9-10H2,(H,16,19)(H,17,20)(H,18,21). The highest BCUT2D eigenvalue weighted by Crippen LogP contribution is 2.07. The summed E-state index contributed by atoms with van der Waals surface area (Å²) in [5.74, 6) is -1.07. The van der Waals surface area contributed by atoms with E-state index in [0.717, 1.165) is 6.42 Å². The Morgan fingerprint density at radius 1 is 1.00 bits per heavy atom. The van der Waals surface area contributed by atoms with Gasteiger partial charge in [0.15, 0.2) is 5.76 Å². The van der Waals surface area contributed by atoms with Gasteiger partial charge in [-0.3, -0.25) is 14.4 Å². The van der Waals surface area contributed by atoms with Gasteiger partial charge in [0.2, 0.25) is 11.8 Å². The van der Waals surface area contributed by atoms with Crippen molar-refractivity contribution in [2.24, 2.45) is 0 Å². The highest BCUT2D eigenvalue weighted by Gasteiger charge is 2.10. The van der Waals surface area contributed by atoms with Gasteiger partial charge in [-0.05, 0) is 30.0 Å². The largest absolute Gasteiger partial charge is 0.459 e. The number of hydrogen-bond donors (Lipinski definition) is 3. The van der Waals surface area contributed by atoms with Crippen LogP contribution in [-0.4, -0.2) is 37.4 Å². The molecule has 0 aromatic carbocycles. The van der Waals surface area contributed by atoms with E-state index in [1.54, 1.807) is 17.4 Å². The number of carbonyl (C=O) groups is 3. The van der Waals surface area contributed by atoms with Gasteiger partial charge in [-0.15, -0.1) is 11.3 Å². The smallest absolute Gasteiger partial charge is 0.287 e. The van der Waals surface area contributed by atoms with E-state index in [-0.39, 0.29) is 24.8 Å². The molecule has 0 unspecified atom stereocenters. The molecule has 2 aromatic heterocycles. The average molecular weight is 335 g/mol. The highest BCUT2D eigenvalue weighted by atomic mass is 32.1. The van der Waals surface area contributed by atoms with Crippen molar-refractivity contribution in [1.82, 2.24) is 16.0 Å². The van der Waals surface area contributed by atoms with E-state index in [0.29, 0.717) is 6.54 Å². The number of carbonyl (C=O) groups excluding carboxylic acids is 3. The molecule has 2 heterocycles. The van der Waals surface area contributed by atoms with E-state index in [1.807, 2.05) is 17.5 Å². The summed E-state index contributed by atoms with van der Waals surface area (Å²) in [5.41, 5.74) is 0. The van der Waals surface area contributed by atoms with Gasteiger partial charge in [-0.2, -0.15) is 0 Å². The summed E-state index contributed by atoms with van der Waals surface area (Å²) in [6, 6.07) is 7.03. The lowest BCUT2D eigenvalue weighted by Crippen LogP contribution is -2.42. The summed E-state index contributed by atoms with van der Waals surface area (Å²) in [6.45, 7) is 0.173. The molecular formula is C15H17N3O4S. The minimum Gasteiger partial charge on any atom is -0.459 e. The minimum absolute atomic E-state index is 0.125. The first-order valence-electron chi connectivity index (χ1n) is 7.02. The molecule has 0 bridgehead atoms. The summed E-state index contributed by atoms with van der Waals surface area (Å²) in [5, 5.41) is 9.52. The summed E-state index contributed by atoms with van der Waals surface area (Å²) in [6.07, 6.45) is 2.13. The zero-order chi connectivity index (χ0) is 16.5. The third-order valence-electron chi connectivity index (χ3n) is 2.87. The first-order chi connectivity index (χ1) is 11.1. The summed E-state index contributed by atoms with van der Waals surface area (Å²) in [7, 11) is 0. The number of furan rings is 1. The average Bonchev–Trinajstić information content (AvgIpc) is 3.23. The maximum absolute atomic E-state index is 11.6. The molecule has 3 amide bonds. The second-order valence-electron chi connectivity index (χ2n) is 4.62. The quantitative estimate of drug-likeness (QED) is 0.656. The van der Waals surface area contributed by atoms with Crippen molar-refractivity contribution >= 4 is 29.1 Å². The first-order valence-corrected chi connectivity index (χ1v) is 7.90. The third kappa shape index (κ3) is 5.95. The van der Waals surface area contributed by atoms with E-state index in [9.17, 15) is 14.4 Å². The van der Waals surface area contributed by atoms with E-state index in [4.69, 9.17) is 4.42 Å². The predicted molar refractivity (Wildman–Crippen MR) is 85.1 cm³/mol. The number of rotatable bonds is 8. The summed E-state index contributed by atoms with van der Waals surface area (Å²) in [4.78, 5) is 35.9. The molecule has 0 saturated carbocycles. The number of hydrogen-bond acceptors (Lipinski definition) is 5. The van der Waals surface area contributed by atoms with Crippen molar-refractivity contribution < 1.29 is 18.8 Å². The molecule has 2 rings (SSSR count). The van der Waals surface area contributed by atoms with Crippen LogP contribution in [0.3, 0.4) is 0 Å². The van der Waals surface area contributed by atoms with E-state index in [2.05, 4.69) is 16.0 Å². The molecule has 7 nitrogen and oxygen atoms in total. The molecule has 122 valence electrons. The fourth-order valence-electron chi connectivity index (χ4n) is 1.74. The lowest BCUT2D eigenvalue weighted by molar-refractivity contribution is -0.125. The second-order valence-corrected chi connectivity index (χ2v) is 5.65. The minimum atomic E-state index is -0.481. The van der Waals surface area contributed by atoms with Gasteiger partial charge in [-0.1, -0.05) is 6.07 Å². The normalized spacial score (nSPS) is 10.1. The molecule has 3 N–H and O–H groups in total. The van der Waals surface area contributed by atoms with Gasteiger partial charge in [0.25, 0.3) is 5.91 Å². The molecule has 8 heteroatoms. The Morgan fingerprint density at radius 2 is 1.78 bits per heavy atom. The van der Waals surface area contributed by atoms with Crippen LogP contribution >= 0.6 is 11.3 Å². The third-order valence-corrected chi connectivity index (χ3v) is 3.81. The van der Waals surface area contributed by atoms with Crippen molar-refractivity contribution in [3.8, 4) is 0 Å². The molecule has 0 saturated heterocycles. The highest BCUT2D eigenvalue weighted by molar-refractivity contribution is 7.09. The van der Waals surface area contributed by atoms with E-state index < -0.39 is 11.8 Å². The molecule has 2 aromatic rings. The van der Waals surface area contributed by atoms with E-state index >= 15 is 0 Å². The maximum atomic E-state index is 11.6. The Morgan fingerprint density at radius 3 is 2.48 bits per heavy atom. The molecule has 0 spiro atoms. The van der Waals surface area contributed by atoms with Gasteiger partial charge in [-0.25, -0.2) is 0 Å². The Hall–Kier alpha value is -2.61. The zero-order valence-corrected chi connectivity index (χ0v) is 13.2. The van der Waals surface area contributed by atoms with Crippen LogP contribution in [0.4, 0.5) is 0 Å². The predicted octanol–water partition coefficient (Wildman–Crippen LogP) is 0.546. The van der Waals surface area contributed by atoms with Gasteiger partial charge < -0.3 is 20.4 Å². The van der Waals surface area contributed by atoms with Crippen molar-refractivity contribution in [2.75, 3.05) is 19.6 Å². The van der Waals surface area contributed by atoms with Gasteiger partial charge in [0.1, 0.15) is 0 Å². The number of amides is 3. The fraction of sp³-hybridized carbons (Fsp3) is 0.267. The van der Waals surface area contributed by atoms with Gasteiger partial charge in [0, 0.05) is 11.4 Å². The van der Waals surface area contributed by atoms with Crippen LogP contribution in [0.5, 0.6) is 0 Å². The lowest BCUT2D eigenvalue weighted by Gasteiger charge is -2.07. The number of nitrogens with one attached hydrogen (secondary N) is 3. The van der Waals surface area contributed by atoms with Crippen molar-refractivity contribution in [3.63, 3.8) is 0 Å². The summed E-state index contributed by atoms with van der Waals surface area (Å²) < 4.78 is 4.89. The van der Waals surface area contributed by atoms with E-state index in [1.165, 1.54) is 17.2 Å². The topological polar surface area (TPSA) is 100 Å². The molecule has 0 radical (unpaired) electrons. The van der Waals surface area contributed by atoms with Crippen LogP contribution in [0, 0.1) is 0 Å². The van der Waals surface area contributed by atoms with Crippen LogP contribution in [-0.2, 0) is 16.0 Å². The molecule has 0 aliphatic rings.